The Morgan fingerprint density at radius 2 is 1.90 bits per heavy atom. The van der Waals surface area contributed by atoms with Gasteiger partial charge in [-0.1, -0.05) is 30.3 Å². The second kappa shape index (κ2) is 4.49. The Hall–Kier alpha value is -2.62. The molecule has 1 aliphatic rings. The van der Waals surface area contributed by atoms with Crippen molar-refractivity contribution >= 4 is 11.8 Å². The number of carbonyl (C=O) groups is 2. The van der Waals surface area contributed by atoms with Gasteiger partial charge in [-0.05, 0) is 23.6 Å². The molecule has 2 aromatic carbocycles. The van der Waals surface area contributed by atoms with E-state index >= 15 is 0 Å². The number of benzene rings is 2. The first-order valence-corrected chi connectivity index (χ1v) is 6.24. The van der Waals surface area contributed by atoms with E-state index in [2.05, 4.69) is 0 Å². The first-order chi connectivity index (χ1) is 9.58. The molecule has 0 aliphatic heterocycles. The standard InChI is InChI=1S/C16H12O4/c1-9(17)20-13-7-6-11-8-10-4-2-3-5-12(10)15(18)14(11)16(13)19/h2-7,19H,8H2,1H3. The molecule has 0 aromatic heterocycles. The van der Waals surface area contributed by atoms with Crippen LogP contribution in [0.2, 0.25) is 0 Å². The third-order valence-electron chi connectivity index (χ3n) is 3.35. The van der Waals surface area contributed by atoms with Crippen molar-refractivity contribution in [1.29, 1.82) is 0 Å². The van der Waals surface area contributed by atoms with E-state index < -0.39 is 5.97 Å². The molecule has 0 spiro atoms. The molecular formula is C16H12O4. The molecule has 4 heteroatoms. The van der Waals surface area contributed by atoms with Gasteiger partial charge < -0.3 is 9.84 Å². The minimum Gasteiger partial charge on any atom is -0.504 e. The Balaban J connectivity index is 2.15. The second-order valence-electron chi connectivity index (χ2n) is 4.70. The number of hydrogen-bond acceptors (Lipinski definition) is 4. The van der Waals surface area contributed by atoms with Crippen molar-refractivity contribution in [2.75, 3.05) is 0 Å². The number of aromatic hydroxyl groups is 1. The van der Waals surface area contributed by atoms with E-state index in [4.69, 9.17) is 4.74 Å². The Morgan fingerprint density at radius 3 is 2.65 bits per heavy atom. The Labute approximate surface area is 115 Å². The lowest BCUT2D eigenvalue weighted by Crippen LogP contribution is -2.16. The van der Waals surface area contributed by atoms with E-state index in [1.54, 1.807) is 18.2 Å². The summed E-state index contributed by atoms with van der Waals surface area (Å²) in [7, 11) is 0. The second-order valence-corrected chi connectivity index (χ2v) is 4.70. The monoisotopic (exact) mass is 268 g/mol. The average molecular weight is 268 g/mol. The van der Waals surface area contributed by atoms with E-state index in [0.29, 0.717) is 12.0 Å². The Morgan fingerprint density at radius 1 is 1.15 bits per heavy atom. The molecule has 4 nitrogen and oxygen atoms in total. The minimum absolute atomic E-state index is 0.0176. The SMILES string of the molecule is CC(=O)Oc1ccc2c(c1O)C(=O)c1ccccc1C2. The van der Waals surface area contributed by atoms with Crippen LogP contribution < -0.4 is 4.74 Å². The molecule has 0 unspecified atom stereocenters. The molecule has 20 heavy (non-hydrogen) atoms. The molecule has 0 atom stereocenters. The maximum atomic E-state index is 12.5. The van der Waals surface area contributed by atoms with Crippen LogP contribution >= 0.6 is 0 Å². The third kappa shape index (κ3) is 1.86. The zero-order valence-electron chi connectivity index (χ0n) is 10.8. The van der Waals surface area contributed by atoms with Crippen molar-refractivity contribution in [3.63, 3.8) is 0 Å². The summed E-state index contributed by atoms with van der Waals surface area (Å²) in [6.07, 6.45) is 0.575. The van der Waals surface area contributed by atoms with Crippen LogP contribution in [0.15, 0.2) is 36.4 Å². The topological polar surface area (TPSA) is 63.6 Å². The maximum absolute atomic E-state index is 12.5. The van der Waals surface area contributed by atoms with Crippen LogP contribution in [0, 0.1) is 0 Å². The molecule has 1 aliphatic carbocycles. The predicted molar refractivity (Wildman–Crippen MR) is 72.1 cm³/mol. The van der Waals surface area contributed by atoms with E-state index in [1.807, 2.05) is 12.1 Å². The van der Waals surface area contributed by atoms with Gasteiger partial charge in [0, 0.05) is 12.5 Å². The molecular weight excluding hydrogens is 256 g/mol. The summed E-state index contributed by atoms with van der Waals surface area (Å²) in [5, 5.41) is 10.2. The lowest BCUT2D eigenvalue weighted by atomic mass is 9.84. The Kier molecular flexibility index (Phi) is 2.79. The van der Waals surface area contributed by atoms with Crippen LogP contribution in [0.3, 0.4) is 0 Å². The molecule has 0 bridgehead atoms. The highest BCUT2D eigenvalue weighted by molar-refractivity contribution is 6.14. The summed E-state index contributed by atoms with van der Waals surface area (Å²) in [6.45, 7) is 1.25. The van der Waals surface area contributed by atoms with Gasteiger partial charge in [-0.25, -0.2) is 0 Å². The van der Waals surface area contributed by atoms with Crippen LogP contribution in [-0.4, -0.2) is 16.9 Å². The fourth-order valence-electron chi connectivity index (χ4n) is 2.49. The first-order valence-electron chi connectivity index (χ1n) is 6.24. The summed E-state index contributed by atoms with van der Waals surface area (Å²) in [5.74, 6) is -1.03. The van der Waals surface area contributed by atoms with Crippen LogP contribution in [-0.2, 0) is 11.2 Å². The summed E-state index contributed by atoms with van der Waals surface area (Å²) >= 11 is 0. The van der Waals surface area contributed by atoms with Gasteiger partial charge in [0.2, 0.25) is 0 Å². The molecule has 0 saturated carbocycles. The number of hydrogen-bond donors (Lipinski definition) is 1. The third-order valence-corrected chi connectivity index (χ3v) is 3.35. The summed E-state index contributed by atoms with van der Waals surface area (Å²) in [4.78, 5) is 23.5. The molecule has 0 amide bonds. The number of rotatable bonds is 1. The number of carbonyl (C=O) groups excluding carboxylic acids is 2. The van der Waals surface area contributed by atoms with E-state index in [0.717, 1.165) is 11.1 Å². The highest BCUT2D eigenvalue weighted by Crippen LogP contribution is 2.38. The van der Waals surface area contributed by atoms with Crippen molar-refractivity contribution in [3.8, 4) is 11.5 Å². The van der Waals surface area contributed by atoms with Gasteiger partial charge in [0.1, 0.15) is 0 Å². The van der Waals surface area contributed by atoms with E-state index in [-0.39, 0.29) is 22.8 Å². The first kappa shape index (κ1) is 12.4. The van der Waals surface area contributed by atoms with Crippen molar-refractivity contribution in [1.82, 2.24) is 0 Å². The van der Waals surface area contributed by atoms with Crippen LogP contribution in [0.4, 0.5) is 0 Å². The summed E-state index contributed by atoms with van der Waals surface area (Å²) in [6, 6.07) is 10.5. The predicted octanol–water partition coefficient (Wildman–Crippen LogP) is 2.45. The van der Waals surface area contributed by atoms with Gasteiger partial charge in [-0.15, -0.1) is 0 Å². The number of phenols is 1. The molecule has 100 valence electrons. The van der Waals surface area contributed by atoms with E-state index in [1.165, 1.54) is 13.0 Å². The molecule has 1 N–H and O–H groups in total. The normalized spacial score (nSPS) is 12.6. The number of phenolic OH excluding ortho intramolecular Hbond substituents is 1. The van der Waals surface area contributed by atoms with Crippen molar-refractivity contribution in [2.45, 2.75) is 13.3 Å². The zero-order valence-corrected chi connectivity index (χ0v) is 10.8. The molecule has 0 fully saturated rings. The average Bonchev–Trinajstić information content (AvgIpc) is 2.42. The molecule has 0 heterocycles. The molecule has 2 aromatic rings. The van der Waals surface area contributed by atoms with Gasteiger partial charge in [0.15, 0.2) is 17.3 Å². The fraction of sp³-hybridized carbons (Fsp3) is 0.125. The highest BCUT2D eigenvalue weighted by atomic mass is 16.5. The van der Waals surface area contributed by atoms with Crippen LogP contribution in [0.25, 0.3) is 0 Å². The van der Waals surface area contributed by atoms with Gasteiger partial charge in [-0.2, -0.15) is 0 Å². The van der Waals surface area contributed by atoms with E-state index in [9.17, 15) is 14.7 Å². The van der Waals surface area contributed by atoms with Crippen molar-refractivity contribution < 1.29 is 19.4 Å². The largest absolute Gasteiger partial charge is 0.504 e. The van der Waals surface area contributed by atoms with Gasteiger partial charge in [-0.3, -0.25) is 9.59 Å². The molecule has 0 radical (unpaired) electrons. The van der Waals surface area contributed by atoms with Crippen LogP contribution in [0.1, 0.15) is 34.0 Å². The van der Waals surface area contributed by atoms with Crippen molar-refractivity contribution in [2.24, 2.45) is 0 Å². The van der Waals surface area contributed by atoms with Crippen molar-refractivity contribution in [3.05, 3.63) is 58.7 Å². The molecule has 3 rings (SSSR count). The number of ketones is 1. The van der Waals surface area contributed by atoms with Gasteiger partial charge >= 0.3 is 5.97 Å². The number of fused-ring (bicyclic) bond motifs is 2. The zero-order chi connectivity index (χ0) is 14.3. The lowest BCUT2D eigenvalue weighted by molar-refractivity contribution is -0.132. The smallest absolute Gasteiger partial charge is 0.308 e. The lowest BCUT2D eigenvalue weighted by Gasteiger charge is -2.20. The van der Waals surface area contributed by atoms with Crippen LogP contribution in [0.5, 0.6) is 11.5 Å². The Bertz CT molecular complexity index is 731. The summed E-state index contributed by atoms with van der Waals surface area (Å²) < 4.78 is 4.91. The highest BCUT2D eigenvalue weighted by Gasteiger charge is 2.27. The molecule has 0 saturated heterocycles. The minimum atomic E-state index is -0.538. The maximum Gasteiger partial charge on any atom is 0.308 e. The quantitative estimate of drug-likeness (QED) is 0.544. The number of esters is 1. The van der Waals surface area contributed by atoms with Gasteiger partial charge in [0.25, 0.3) is 0 Å². The number of ether oxygens (including phenoxy) is 1. The van der Waals surface area contributed by atoms with Gasteiger partial charge in [0.05, 0.1) is 5.56 Å². The fourth-order valence-corrected chi connectivity index (χ4v) is 2.49. The summed E-state index contributed by atoms with van der Waals surface area (Å²) in [5.41, 5.74) is 2.48.